The zero-order valence-electron chi connectivity index (χ0n) is 19.4. The van der Waals surface area contributed by atoms with Crippen molar-refractivity contribution in [2.45, 2.75) is 31.8 Å². The van der Waals surface area contributed by atoms with Gasteiger partial charge < -0.3 is 19.7 Å². The van der Waals surface area contributed by atoms with Crippen molar-refractivity contribution >= 4 is 22.5 Å². The van der Waals surface area contributed by atoms with Gasteiger partial charge in [-0.15, -0.1) is 0 Å². The number of rotatable bonds is 6. The fourth-order valence-corrected chi connectivity index (χ4v) is 6.08. The molecular formula is C27H30N4O3. The molecule has 2 saturated heterocycles. The van der Waals surface area contributed by atoms with Crippen LogP contribution in [0.4, 0.5) is 5.69 Å². The predicted molar refractivity (Wildman–Crippen MR) is 130 cm³/mol. The average Bonchev–Trinajstić information content (AvgIpc) is 3.41. The maximum absolute atomic E-state index is 14.1. The van der Waals surface area contributed by atoms with E-state index in [0.717, 1.165) is 54.9 Å². The molecule has 0 spiro atoms. The van der Waals surface area contributed by atoms with Gasteiger partial charge in [-0.05, 0) is 68.5 Å². The summed E-state index contributed by atoms with van der Waals surface area (Å²) in [5.74, 6) is 2.48. The Kier molecular flexibility index (Phi) is 5.67. The number of ether oxygens (including phenoxy) is 2. The van der Waals surface area contributed by atoms with Crippen LogP contribution in [0.25, 0.3) is 10.9 Å². The number of hydrogen-bond donors (Lipinski definition) is 1. The molecule has 0 bridgehead atoms. The Labute approximate surface area is 199 Å². The molecule has 0 unspecified atom stereocenters. The molecule has 7 heteroatoms. The van der Waals surface area contributed by atoms with Gasteiger partial charge in [0, 0.05) is 29.1 Å². The zero-order valence-corrected chi connectivity index (χ0v) is 19.4. The third-order valence-corrected chi connectivity index (χ3v) is 7.73. The summed E-state index contributed by atoms with van der Waals surface area (Å²) in [6.45, 7) is 5.29. The molecule has 3 aliphatic rings. The molecule has 2 aliphatic heterocycles. The molecule has 1 saturated carbocycles. The number of hydrogen-bond acceptors (Lipinski definition) is 6. The van der Waals surface area contributed by atoms with Crippen molar-refractivity contribution in [3.63, 3.8) is 0 Å². The van der Waals surface area contributed by atoms with Crippen molar-refractivity contribution in [3.05, 3.63) is 60.6 Å². The molecule has 176 valence electrons. The van der Waals surface area contributed by atoms with Crippen molar-refractivity contribution in [3.8, 4) is 5.75 Å². The summed E-state index contributed by atoms with van der Waals surface area (Å²) in [6.07, 6.45) is 3.47. The van der Waals surface area contributed by atoms with Crippen molar-refractivity contribution in [1.82, 2.24) is 15.3 Å². The topological polar surface area (TPSA) is 76.6 Å². The first kappa shape index (κ1) is 21.5. The Bertz CT molecular complexity index is 1170. The van der Waals surface area contributed by atoms with Crippen LogP contribution in [0, 0.1) is 17.8 Å². The molecule has 7 nitrogen and oxygen atoms in total. The Morgan fingerprint density at radius 2 is 1.91 bits per heavy atom. The number of amides is 1. The van der Waals surface area contributed by atoms with E-state index in [0.29, 0.717) is 36.1 Å². The molecular weight excluding hydrogens is 428 g/mol. The third kappa shape index (κ3) is 3.73. The first-order valence-electron chi connectivity index (χ1n) is 12.3. The van der Waals surface area contributed by atoms with E-state index in [1.54, 1.807) is 0 Å². The number of nitrogens with zero attached hydrogens (tertiary/aromatic N) is 3. The number of benzene rings is 2. The Morgan fingerprint density at radius 3 is 2.68 bits per heavy atom. The van der Waals surface area contributed by atoms with E-state index < -0.39 is 0 Å². The van der Waals surface area contributed by atoms with Gasteiger partial charge in [0.05, 0.1) is 25.3 Å². The summed E-state index contributed by atoms with van der Waals surface area (Å²) in [7, 11) is 0. The van der Waals surface area contributed by atoms with Crippen molar-refractivity contribution < 1.29 is 14.3 Å². The van der Waals surface area contributed by atoms with Crippen molar-refractivity contribution in [2.75, 3.05) is 31.3 Å². The van der Waals surface area contributed by atoms with E-state index in [4.69, 9.17) is 9.47 Å². The van der Waals surface area contributed by atoms with Crippen molar-refractivity contribution in [1.29, 1.82) is 0 Å². The number of para-hydroxylation sites is 1. The van der Waals surface area contributed by atoms with Crippen LogP contribution in [0.5, 0.6) is 5.75 Å². The summed E-state index contributed by atoms with van der Waals surface area (Å²) >= 11 is 0. The predicted octanol–water partition coefficient (Wildman–Crippen LogP) is 3.69. The van der Waals surface area contributed by atoms with E-state index in [9.17, 15) is 4.79 Å². The summed E-state index contributed by atoms with van der Waals surface area (Å²) in [6, 6.07) is 16.2. The number of anilines is 1. The molecule has 1 aromatic heterocycles. The third-order valence-electron chi connectivity index (χ3n) is 7.73. The van der Waals surface area contributed by atoms with Crippen LogP contribution in [0.2, 0.25) is 0 Å². The summed E-state index contributed by atoms with van der Waals surface area (Å²) < 4.78 is 11.1. The lowest BCUT2D eigenvalue weighted by Crippen LogP contribution is -2.47. The smallest absolute Gasteiger partial charge is 0.277 e. The molecule has 2 aromatic carbocycles. The van der Waals surface area contributed by atoms with Gasteiger partial charge in [0.2, 0.25) is 0 Å². The van der Waals surface area contributed by atoms with Crippen molar-refractivity contribution in [2.24, 2.45) is 17.8 Å². The van der Waals surface area contributed by atoms with E-state index in [1.165, 1.54) is 6.33 Å². The minimum Gasteiger partial charge on any atom is -0.494 e. The molecule has 34 heavy (non-hydrogen) atoms. The average molecular weight is 459 g/mol. The van der Waals surface area contributed by atoms with Gasteiger partial charge in [0.25, 0.3) is 5.91 Å². The molecule has 0 radical (unpaired) electrons. The molecule has 1 amide bonds. The first-order chi connectivity index (χ1) is 16.7. The molecule has 3 fully saturated rings. The second-order valence-corrected chi connectivity index (χ2v) is 9.62. The van der Waals surface area contributed by atoms with Gasteiger partial charge >= 0.3 is 0 Å². The summed E-state index contributed by atoms with van der Waals surface area (Å²) in [5, 5.41) is 4.53. The molecule has 3 heterocycles. The minimum absolute atomic E-state index is 0.0655. The number of carbonyl (C=O) groups is 1. The number of nitrogens with one attached hydrogen (secondary N) is 1. The SMILES string of the molecule is CCOc1ccc(N(C(=O)c2ncnc3ccccc23)[C@@H]2C[C@H]3CN[C@@H](C4COC4)[C@@H]3C2)cc1. The maximum atomic E-state index is 14.1. The van der Waals surface area contributed by atoms with Crippen LogP contribution in [0.1, 0.15) is 30.3 Å². The van der Waals surface area contributed by atoms with Crippen LogP contribution < -0.4 is 15.0 Å². The van der Waals surface area contributed by atoms with Crippen LogP contribution in [0.3, 0.4) is 0 Å². The van der Waals surface area contributed by atoms with Crippen LogP contribution in [-0.2, 0) is 4.74 Å². The number of carbonyl (C=O) groups excluding carboxylic acids is 1. The van der Waals surface area contributed by atoms with Gasteiger partial charge in [0.1, 0.15) is 17.8 Å². The van der Waals surface area contributed by atoms with Gasteiger partial charge in [0.15, 0.2) is 0 Å². The van der Waals surface area contributed by atoms with Gasteiger partial charge in [-0.2, -0.15) is 0 Å². The maximum Gasteiger partial charge on any atom is 0.277 e. The molecule has 6 rings (SSSR count). The summed E-state index contributed by atoms with van der Waals surface area (Å²) in [4.78, 5) is 24.9. The normalized spacial score (nSPS) is 26.3. The van der Waals surface area contributed by atoms with Crippen LogP contribution >= 0.6 is 0 Å². The minimum atomic E-state index is -0.0655. The summed E-state index contributed by atoms with van der Waals surface area (Å²) in [5.41, 5.74) is 2.13. The van der Waals surface area contributed by atoms with E-state index in [-0.39, 0.29) is 11.9 Å². The fraction of sp³-hybridized carbons (Fsp3) is 0.444. The highest BCUT2D eigenvalue weighted by molar-refractivity contribution is 6.12. The van der Waals surface area contributed by atoms with E-state index in [1.807, 2.05) is 60.4 Å². The first-order valence-corrected chi connectivity index (χ1v) is 12.3. The monoisotopic (exact) mass is 458 g/mol. The lowest BCUT2D eigenvalue weighted by molar-refractivity contribution is -0.0541. The number of aromatic nitrogens is 2. The molecule has 3 aromatic rings. The standard InChI is InChI=1S/C27H30N4O3/c1-2-34-21-9-7-19(8-10-21)31(27(32)26-22-5-3-4-6-24(22)29-16-30-26)20-11-17-13-28-25(23(17)12-20)18-14-33-15-18/h3-10,16-18,20,23,25,28H,2,11-15H2,1H3/t17-,20+,23+,25-/m0/s1. The molecule has 1 aliphatic carbocycles. The Balaban J connectivity index is 1.35. The lowest BCUT2D eigenvalue weighted by atomic mass is 9.85. The Hall–Kier alpha value is -3.03. The number of fused-ring (bicyclic) bond motifs is 2. The zero-order chi connectivity index (χ0) is 23.1. The quantitative estimate of drug-likeness (QED) is 0.607. The van der Waals surface area contributed by atoms with Gasteiger partial charge in [-0.3, -0.25) is 4.79 Å². The van der Waals surface area contributed by atoms with Crippen LogP contribution in [0.15, 0.2) is 54.9 Å². The second kappa shape index (κ2) is 8.96. The molecule has 1 N–H and O–H groups in total. The highest BCUT2D eigenvalue weighted by atomic mass is 16.5. The van der Waals surface area contributed by atoms with E-state index >= 15 is 0 Å². The highest BCUT2D eigenvalue weighted by Gasteiger charge is 2.49. The van der Waals surface area contributed by atoms with Crippen LogP contribution in [-0.4, -0.2) is 54.3 Å². The van der Waals surface area contributed by atoms with Gasteiger partial charge in [-0.25, -0.2) is 9.97 Å². The lowest BCUT2D eigenvalue weighted by Gasteiger charge is -2.35. The Morgan fingerprint density at radius 1 is 1.09 bits per heavy atom. The van der Waals surface area contributed by atoms with E-state index in [2.05, 4.69) is 15.3 Å². The fourth-order valence-electron chi connectivity index (χ4n) is 6.08. The second-order valence-electron chi connectivity index (χ2n) is 9.62. The van der Waals surface area contributed by atoms with Gasteiger partial charge in [-0.1, -0.05) is 18.2 Å². The molecule has 4 atom stereocenters. The highest BCUT2D eigenvalue weighted by Crippen LogP contribution is 2.44. The largest absolute Gasteiger partial charge is 0.494 e.